The number of fused-ring (bicyclic) bond motifs is 1. The van der Waals surface area contributed by atoms with E-state index in [9.17, 15) is 13.5 Å². The maximum atomic E-state index is 13.1. The van der Waals surface area contributed by atoms with Crippen LogP contribution in [0.2, 0.25) is 0 Å². The third-order valence-electron chi connectivity index (χ3n) is 3.52. The van der Waals surface area contributed by atoms with Crippen LogP contribution >= 0.6 is 15.9 Å². The summed E-state index contributed by atoms with van der Waals surface area (Å²) in [5.74, 6) is 0. The summed E-state index contributed by atoms with van der Waals surface area (Å²) in [6, 6.07) is 11.5. The fraction of sp³-hybridized carbons (Fsp3) is 0.188. The van der Waals surface area contributed by atoms with Crippen LogP contribution in [0.5, 0.6) is 0 Å². The Morgan fingerprint density at radius 3 is 2.43 bits per heavy atom. The fourth-order valence-corrected chi connectivity index (χ4v) is 4.44. The molecule has 1 N–H and O–H groups in total. The first-order valence-electron chi connectivity index (χ1n) is 6.92. The largest absolute Gasteiger partial charge is 0.384 e. The molecule has 0 aliphatic rings. The molecule has 5 nitrogen and oxygen atoms in total. The zero-order valence-electron chi connectivity index (χ0n) is 12.6. The van der Waals surface area contributed by atoms with Gasteiger partial charge in [0.2, 0.25) is 0 Å². The van der Waals surface area contributed by atoms with Gasteiger partial charge in [0, 0.05) is 16.1 Å². The summed E-state index contributed by atoms with van der Waals surface area (Å²) >= 11 is 3.40. The maximum absolute atomic E-state index is 13.1. The number of nitrogens with zero attached hydrogens (tertiary/aromatic N) is 2. The van der Waals surface area contributed by atoms with Gasteiger partial charge in [0.15, 0.2) is 5.65 Å². The van der Waals surface area contributed by atoms with E-state index in [1.165, 1.54) is 18.3 Å². The van der Waals surface area contributed by atoms with E-state index in [1.807, 2.05) is 0 Å². The lowest BCUT2D eigenvalue weighted by Crippen LogP contribution is -2.25. The average molecular weight is 395 g/mol. The van der Waals surface area contributed by atoms with Gasteiger partial charge in [-0.15, -0.1) is 0 Å². The molecule has 2 heterocycles. The lowest BCUT2D eigenvalue weighted by molar-refractivity contribution is 0.0733. The highest BCUT2D eigenvalue weighted by Gasteiger charge is 2.31. The van der Waals surface area contributed by atoms with Gasteiger partial charge < -0.3 is 5.11 Å². The van der Waals surface area contributed by atoms with Crippen LogP contribution < -0.4 is 0 Å². The number of halogens is 1. The second-order valence-electron chi connectivity index (χ2n) is 5.70. The van der Waals surface area contributed by atoms with Crippen LogP contribution in [0.15, 0.2) is 58.0 Å². The van der Waals surface area contributed by atoms with Crippen LogP contribution in [0.3, 0.4) is 0 Å². The van der Waals surface area contributed by atoms with Crippen molar-refractivity contribution in [3.05, 3.63) is 58.8 Å². The van der Waals surface area contributed by atoms with Crippen molar-refractivity contribution >= 4 is 37.0 Å². The molecule has 23 heavy (non-hydrogen) atoms. The maximum Gasteiger partial charge on any atom is 0.269 e. The summed E-state index contributed by atoms with van der Waals surface area (Å²) < 4.78 is 28.0. The minimum atomic E-state index is -3.88. The number of aliphatic hydroxyl groups is 1. The summed E-state index contributed by atoms with van der Waals surface area (Å²) in [5.41, 5.74) is -0.807. The first-order valence-corrected chi connectivity index (χ1v) is 9.15. The molecule has 7 heteroatoms. The molecule has 2 aromatic heterocycles. The quantitative estimate of drug-likeness (QED) is 0.739. The van der Waals surface area contributed by atoms with Crippen LogP contribution in [-0.2, 0) is 15.6 Å². The molecule has 0 atom stereocenters. The van der Waals surface area contributed by atoms with Gasteiger partial charge in [0.05, 0.1) is 10.6 Å². The molecule has 0 radical (unpaired) electrons. The smallest absolute Gasteiger partial charge is 0.269 e. The molecule has 3 aromatic rings. The standard InChI is InChI=1S/C16H15BrN2O3S/c1-16(2,20)14-10-12-13(17)8-9-18-15(12)19(14)23(21,22)11-6-4-3-5-7-11/h3-10,20H,1-2H3. The molecule has 0 saturated heterocycles. The molecule has 0 amide bonds. The van der Waals surface area contributed by atoms with Gasteiger partial charge in [-0.05, 0) is 54.0 Å². The second-order valence-corrected chi connectivity index (χ2v) is 8.34. The number of hydrogen-bond acceptors (Lipinski definition) is 4. The Hall–Kier alpha value is -1.70. The minimum Gasteiger partial charge on any atom is -0.384 e. The monoisotopic (exact) mass is 394 g/mol. The SMILES string of the molecule is CC(C)(O)c1cc2c(Br)ccnc2n1S(=O)(=O)c1ccccc1. The number of aromatic nitrogens is 2. The number of pyridine rings is 1. The van der Waals surface area contributed by atoms with E-state index in [-0.39, 0.29) is 16.2 Å². The van der Waals surface area contributed by atoms with Crippen LogP contribution in [0.1, 0.15) is 19.5 Å². The first-order chi connectivity index (χ1) is 10.7. The fourth-order valence-electron chi connectivity index (χ4n) is 2.41. The second kappa shape index (κ2) is 5.43. The highest BCUT2D eigenvalue weighted by atomic mass is 79.9. The van der Waals surface area contributed by atoms with Gasteiger partial charge in [0.25, 0.3) is 10.0 Å². The van der Waals surface area contributed by atoms with E-state index in [1.54, 1.807) is 44.2 Å². The number of rotatable bonds is 3. The van der Waals surface area contributed by atoms with E-state index in [2.05, 4.69) is 20.9 Å². The Morgan fingerprint density at radius 1 is 1.17 bits per heavy atom. The van der Waals surface area contributed by atoms with Gasteiger partial charge >= 0.3 is 0 Å². The summed E-state index contributed by atoms with van der Waals surface area (Å²) in [4.78, 5) is 4.35. The zero-order valence-corrected chi connectivity index (χ0v) is 15.0. The Bertz CT molecular complexity index is 974. The molecule has 3 rings (SSSR count). The molecular formula is C16H15BrN2O3S. The van der Waals surface area contributed by atoms with Crippen molar-refractivity contribution in [1.82, 2.24) is 8.96 Å². The third kappa shape index (κ3) is 2.69. The Kier molecular flexibility index (Phi) is 3.82. The molecule has 0 fully saturated rings. The minimum absolute atomic E-state index is 0.143. The lowest BCUT2D eigenvalue weighted by atomic mass is 10.1. The van der Waals surface area contributed by atoms with Gasteiger partial charge in [-0.1, -0.05) is 18.2 Å². The number of benzene rings is 1. The average Bonchev–Trinajstić information content (AvgIpc) is 2.90. The van der Waals surface area contributed by atoms with Crippen LogP contribution in [0, 0.1) is 0 Å². The van der Waals surface area contributed by atoms with Crippen molar-refractivity contribution in [1.29, 1.82) is 0 Å². The van der Waals surface area contributed by atoms with Gasteiger partial charge in [0.1, 0.15) is 5.60 Å². The third-order valence-corrected chi connectivity index (χ3v) is 5.93. The van der Waals surface area contributed by atoms with E-state index >= 15 is 0 Å². The molecule has 0 saturated carbocycles. The van der Waals surface area contributed by atoms with Crippen molar-refractivity contribution in [2.24, 2.45) is 0 Å². The summed E-state index contributed by atoms with van der Waals surface area (Å²) in [7, 11) is -3.88. The van der Waals surface area contributed by atoms with Crippen LogP contribution in [0.4, 0.5) is 0 Å². The summed E-state index contributed by atoms with van der Waals surface area (Å²) in [6.07, 6.45) is 1.53. The molecule has 0 spiro atoms. The van der Waals surface area contributed by atoms with E-state index in [0.29, 0.717) is 5.39 Å². The van der Waals surface area contributed by atoms with Gasteiger partial charge in [-0.25, -0.2) is 17.4 Å². The first kappa shape index (κ1) is 16.2. The molecule has 0 aliphatic carbocycles. The van der Waals surface area contributed by atoms with Crippen LogP contribution in [0.25, 0.3) is 11.0 Å². The van der Waals surface area contributed by atoms with E-state index < -0.39 is 15.6 Å². The topological polar surface area (TPSA) is 72.2 Å². The predicted molar refractivity (Wildman–Crippen MR) is 91.7 cm³/mol. The highest BCUT2D eigenvalue weighted by Crippen LogP contribution is 2.33. The van der Waals surface area contributed by atoms with Crippen molar-refractivity contribution in [3.63, 3.8) is 0 Å². The van der Waals surface area contributed by atoms with Gasteiger partial charge in [-0.3, -0.25) is 0 Å². The van der Waals surface area contributed by atoms with Crippen molar-refractivity contribution in [3.8, 4) is 0 Å². The highest BCUT2D eigenvalue weighted by molar-refractivity contribution is 9.10. The van der Waals surface area contributed by atoms with Crippen molar-refractivity contribution < 1.29 is 13.5 Å². The molecule has 0 unspecified atom stereocenters. The molecule has 0 bridgehead atoms. The Morgan fingerprint density at radius 2 is 1.83 bits per heavy atom. The zero-order chi connectivity index (χ0) is 16.8. The van der Waals surface area contributed by atoms with Crippen molar-refractivity contribution in [2.45, 2.75) is 24.3 Å². The van der Waals surface area contributed by atoms with Gasteiger partial charge in [-0.2, -0.15) is 0 Å². The van der Waals surface area contributed by atoms with E-state index in [4.69, 9.17) is 0 Å². The predicted octanol–water partition coefficient (Wildman–Crippen LogP) is 3.26. The van der Waals surface area contributed by atoms with Crippen LogP contribution in [-0.4, -0.2) is 22.5 Å². The Balaban J connectivity index is 2.43. The summed E-state index contributed by atoms with van der Waals surface area (Å²) in [5, 5.41) is 11.1. The van der Waals surface area contributed by atoms with E-state index in [0.717, 1.165) is 8.45 Å². The molecular weight excluding hydrogens is 380 g/mol. The normalized spacial score (nSPS) is 12.7. The van der Waals surface area contributed by atoms with Crippen molar-refractivity contribution in [2.75, 3.05) is 0 Å². The molecule has 1 aromatic carbocycles. The molecule has 0 aliphatic heterocycles. The lowest BCUT2D eigenvalue weighted by Gasteiger charge is -2.20. The number of hydrogen-bond donors (Lipinski definition) is 1. The summed E-state index contributed by atoms with van der Waals surface area (Å²) in [6.45, 7) is 3.10. The Labute approximate surface area is 142 Å². The molecule has 120 valence electrons.